The number of aromatic nitrogens is 4. The number of hydrogen-bond acceptors (Lipinski definition) is 8. The van der Waals surface area contributed by atoms with Gasteiger partial charge in [0, 0.05) is 23.4 Å². The van der Waals surface area contributed by atoms with E-state index >= 15 is 0 Å². The highest BCUT2D eigenvalue weighted by Gasteiger charge is 2.42. The van der Waals surface area contributed by atoms with Gasteiger partial charge in [-0.3, -0.25) is 4.79 Å². The molecule has 1 aliphatic rings. The lowest BCUT2D eigenvalue weighted by atomic mass is 10.1. The highest BCUT2D eigenvalue weighted by Crippen LogP contribution is 2.47. The van der Waals surface area contributed by atoms with Crippen molar-refractivity contribution >= 4 is 21.4 Å². The molecule has 0 spiro atoms. The average molecular weight is 525 g/mol. The van der Waals surface area contributed by atoms with Crippen molar-refractivity contribution < 1.29 is 35.5 Å². The quantitative estimate of drug-likeness (QED) is 0.474. The van der Waals surface area contributed by atoms with E-state index in [-0.39, 0.29) is 16.0 Å². The van der Waals surface area contributed by atoms with Crippen LogP contribution in [0.3, 0.4) is 0 Å². The molecule has 1 aromatic carbocycles. The third kappa shape index (κ3) is 5.12. The molecule has 3 aromatic rings. The molecule has 1 amide bonds. The van der Waals surface area contributed by atoms with Gasteiger partial charge in [-0.15, -0.1) is 15.3 Å². The van der Waals surface area contributed by atoms with Crippen LogP contribution in [0.2, 0.25) is 0 Å². The number of anilines is 1. The van der Waals surface area contributed by atoms with Gasteiger partial charge in [-0.25, -0.2) is 12.8 Å². The van der Waals surface area contributed by atoms with Crippen molar-refractivity contribution in [3.8, 4) is 11.8 Å². The zero-order chi connectivity index (χ0) is 26.5. The summed E-state index contributed by atoms with van der Waals surface area (Å²) in [5.74, 6) is -3.51. The van der Waals surface area contributed by atoms with Crippen LogP contribution in [0.5, 0.6) is 11.8 Å². The summed E-state index contributed by atoms with van der Waals surface area (Å²) >= 11 is 0. The number of sulfone groups is 1. The van der Waals surface area contributed by atoms with Gasteiger partial charge < -0.3 is 10.1 Å². The van der Waals surface area contributed by atoms with E-state index in [2.05, 4.69) is 25.7 Å². The minimum atomic E-state index is -4.95. The minimum absolute atomic E-state index is 0.0216. The monoisotopic (exact) mass is 525 g/mol. The maximum Gasteiger partial charge on any atom is 0.435 e. The number of ether oxygens (including phenoxy) is 1. The van der Waals surface area contributed by atoms with Gasteiger partial charge in [-0.1, -0.05) is 13.0 Å². The summed E-state index contributed by atoms with van der Waals surface area (Å²) in [5.41, 5.74) is -2.71. The van der Waals surface area contributed by atoms with Crippen LogP contribution in [0.1, 0.15) is 47.1 Å². The van der Waals surface area contributed by atoms with Gasteiger partial charge in [-0.2, -0.15) is 18.3 Å². The molecular formula is C22H19F4N5O4S. The van der Waals surface area contributed by atoms with Crippen LogP contribution < -0.4 is 10.1 Å². The van der Waals surface area contributed by atoms with E-state index in [4.69, 9.17) is 4.74 Å². The molecule has 0 atom stereocenters. The Morgan fingerprint density at radius 1 is 1.08 bits per heavy atom. The topological polar surface area (TPSA) is 124 Å². The number of alkyl halides is 3. The number of halogens is 4. The van der Waals surface area contributed by atoms with Crippen molar-refractivity contribution in [3.05, 3.63) is 58.7 Å². The lowest BCUT2D eigenvalue weighted by molar-refractivity contribution is -0.142. The summed E-state index contributed by atoms with van der Waals surface area (Å²) in [7, 11) is -3.63. The van der Waals surface area contributed by atoms with E-state index in [1.807, 2.05) is 6.92 Å². The van der Waals surface area contributed by atoms with Crippen molar-refractivity contribution in [2.45, 2.75) is 43.2 Å². The number of benzene rings is 1. The van der Waals surface area contributed by atoms with Crippen molar-refractivity contribution in [3.63, 3.8) is 0 Å². The summed E-state index contributed by atoms with van der Waals surface area (Å²) in [5, 5.41) is 16.4. The summed E-state index contributed by atoms with van der Waals surface area (Å²) in [4.78, 5) is 12.9. The Hall–Kier alpha value is -3.68. The van der Waals surface area contributed by atoms with Crippen LogP contribution in [0.15, 0.2) is 35.2 Å². The summed E-state index contributed by atoms with van der Waals surface area (Å²) in [6.45, 7) is 2.86. The molecule has 14 heteroatoms. The smallest absolute Gasteiger partial charge is 0.414 e. The largest absolute Gasteiger partial charge is 0.435 e. The van der Waals surface area contributed by atoms with Gasteiger partial charge in [0.2, 0.25) is 0 Å². The van der Waals surface area contributed by atoms with Crippen LogP contribution in [0.25, 0.3) is 0 Å². The van der Waals surface area contributed by atoms with Crippen molar-refractivity contribution in [1.29, 1.82) is 0 Å². The zero-order valence-corrected chi connectivity index (χ0v) is 20.0. The Morgan fingerprint density at radius 3 is 2.33 bits per heavy atom. The first-order chi connectivity index (χ1) is 16.7. The predicted octanol–water partition coefficient (Wildman–Crippen LogP) is 4.23. The number of rotatable bonds is 6. The molecule has 4 rings (SSSR count). The van der Waals surface area contributed by atoms with Gasteiger partial charge in [-0.05, 0) is 43.5 Å². The molecule has 190 valence electrons. The van der Waals surface area contributed by atoms with Crippen LogP contribution >= 0.6 is 0 Å². The molecule has 0 radical (unpaired) electrons. The van der Waals surface area contributed by atoms with Crippen LogP contribution in [-0.4, -0.2) is 41.0 Å². The molecule has 1 N–H and O–H groups in total. The maximum atomic E-state index is 14.7. The Morgan fingerprint density at radius 2 is 1.75 bits per heavy atom. The number of carbonyl (C=O) groups is 1. The first-order valence-corrected chi connectivity index (χ1v) is 12.4. The second-order valence-corrected chi connectivity index (χ2v) is 10.7. The second-order valence-electron chi connectivity index (χ2n) is 8.65. The number of amides is 1. The van der Waals surface area contributed by atoms with Crippen LogP contribution in [-0.2, 0) is 21.4 Å². The van der Waals surface area contributed by atoms with Gasteiger partial charge in [0.25, 0.3) is 17.7 Å². The first-order valence-electron chi connectivity index (χ1n) is 10.5. The predicted molar refractivity (Wildman–Crippen MR) is 118 cm³/mol. The third-order valence-corrected chi connectivity index (χ3v) is 6.84. The van der Waals surface area contributed by atoms with Gasteiger partial charge in [0.15, 0.2) is 21.3 Å². The van der Waals surface area contributed by atoms with E-state index in [0.717, 1.165) is 38.2 Å². The average Bonchev–Trinajstić information content (AvgIpc) is 3.52. The van der Waals surface area contributed by atoms with E-state index in [1.165, 1.54) is 18.2 Å². The Bertz CT molecular complexity index is 1470. The molecule has 0 unspecified atom stereocenters. The Kier molecular flexibility index (Phi) is 6.19. The second kappa shape index (κ2) is 8.76. The normalized spacial score (nSPS) is 14.9. The fourth-order valence-corrected chi connectivity index (χ4v) is 4.03. The third-order valence-electron chi connectivity index (χ3n) is 5.73. The molecular weight excluding hydrogens is 506 g/mol. The molecule has 0 aliphatic heterocycles. The van der Waals surface area contributed by atoms with E-state index < -0.39 is 56.3 Å². The van der Waals surface area contributed by atoms with Gasteiger partial charge in [0.05, 0.1) is 10.6 Å². The van der Waals surface area contributed by atoms with Crippen LogP contribution in [0, 0.1) is 12.7 Å². The Labute approximate surface area is 202 Å². The number of carbonyl (C=O) groups excluding carboxylic acids is 1. The van der Waals surface area contributed by atoms with Crippen molar-refractivity contribution in [2.24, 2.45) is 0 Å². The highest BCUT2D eigenvalue weighted by molar-refractivity contribution is 7.90. The van der Waals surface area contributed by atoms with E-state index in [0.29, 0.717) is 5.69 Å². The molecule has 2 aromatic heterocycles. The van der Waals surface area contributed by atoms with E-state index in [9.17, 15) is 30.8 Å². The molecule has 1 aliphatic carbocycles. The first kappa shape index (κ1) is 25.4. The minimum Gasteiger partial charge on any atom is -0.414 e. The number of hydrogen-bond donors (Lipinski definition) is 1. The molecule has 1 fully saturated rings. The van der Waals surface area contributed by atoms with Crippen molar-refractivity contribution in [2.75, 3.05) is 11.6 Å². The molecule has 1 saturated carbocycles. The highest BCUT2D eigenvalue weighted by atomic mass is 32.2. The summed E-state index contributed by atoms with van der Waals surface area (Å²) in [6.07, 6.45) is -2.39. The fraction of sp³-hybridized carbons (Fsp3) is 0.318. The Balaban J connectivity index is 1.73. The lowest BCUT2D eigenvalue weighted by Gasteiger charge is -2.16. The fourth-order valence-electron chi connectivity index (χ4n) is 3.36. The number of nitrogens with one attached hydrogen (secondary N) is 1. The number of nitrogens with zero attached hydrogens (tertiary/aromatic N) is 4. The summed E-state index contributed by atoms with van der Waals surface area (Å²) < 4.78 is 84.0. The van der Waals surface area contributed by atoms with Gasteiger partial charge >= 0.3 is 6.18 Å². The molecule has 9 nitrogen and oxygen atoms in total. The lowest BCUT2D eigenvalue weighted by Crippen LogP contribution is -2.21. The molecule has 0 bridgehead atoms. The van der Waals surface area contributed by atoms with Gasteiger partial charge in [0.1, 0.15) is 5.56 Å². The molecule has 0 saturated heterocycles. The zero-order valence-electron chi connectivity index (χ0n) is 19.1. The molecule has 36 heavy (non-hydrogen) atoms. The summed E-state index contributed by atoms with van der Waals surface area (Å²) in [6, 6.07) is 6.20. The van der Waals surface area contributed by atoms with Crippen molar-refractivity contribution in [1.82, 2.24) is 20.4 Å². The van der Waals surface area contributed by atoms with Crippen LogP contribution in [0.4, 0.5) is 23.2 Å². The molecule has 2 heterocycles. The SMILES string of the molecule is Cc1c(C(F)(F)F)nnc(Oc2nnc(C3(C)CC3)cc2F)c1C(=O)Nc1cccc(S(C)(=O)=O)c1. The van der Waals surface area contributed by atoms with E-state index in [1.54, 1.807) is 0 Å². The standard InChI is InChI=1S/C22H19F4N5O4S/c1-11-16(18(32)27-12-5-4-6-13(9-12)36(3,33)34)20(31-29-17(11)22(24,25)26)35-19-14(23)10-15(28-30-19)21(2)7-8-21/h4-6,9-10H,7-8H2,1-3H3,(H,27,32). The maximum absolute atomic E-state index is 14.7.